The lowest BCUT2D eigenvalue weighted by Crippen LogP contribution is -2.05. The fourth-order valence-electron chi connectivity index (χ4n) is 1.91. The number of aryl methyl sites for hydroxylation is 1. The lowest BCUT2D eigenvalue weighted by atomic mass is 10.2. The zero-order valence-electron chi connectivity index (χ0n) is 11.9. The molecule has 5 nitrogen and oxygen atoms in total. The van der Waals surface area contributed by atoms with Gasteiger partial charge in [-0.2, -0.15) is 5.10 Å². The van der Waals surface area contributed by atoms with Crippen molar-refractivity contribution in [3.8, 4) is 11.4 Å². The summed E-state index contributed by atoms with van der Waals surface area (Å²) in [6.45, 7) is 6.25. The number of carbonyl (C=O) groups is 1. The van der Waals surface area contributed by atoms with Crippen molar-refractivity contribution in [1.29, 1.82) is 0 Å². The average molecular weight is 274 g/mol. The normalized spacial score (nSPS) is 10.6. The van der Waals surface area contributed by atoms with Gasteiger partial charge in [0.2, 0.25) is 0 Å². The zero-order valence-corrected chi connectivity index (χ0v) is 11.9. The van der Waals surface area contributed by atoms with Gasteiger partial charge in [0.1, 0.15) is 5.75 Å². The Bertz CT molecular complexity index is 615. The minimum absolute atomic E-state index is 0.00158. The topological polar surface area (TPSA) is 64.4 Å². The summed E-state index contributed by atoms with van der Waals surface area (Å²) in [4.78, 5) is 10.4. The van der Waals surface area contributed by atoms with E-state index in [0.717, 1.165) is 17.1 Å². The average Bonchev–Trinajstić information content (AvgIpc) is 2.67. The Kier molecular flexibility index (Phi) is 4.08. The molecule has 0 saturated heterocycles. The Morgan fingerprint density at radius 1 is 1.25 bits per heavy atom. The van der Waals surface area contributed by atoms with Crippen LogP contribution in [0.3, 0.4) is 0 Å². The highest BCUT2D eigenvalue weighted by molar-refractivity contribution is 5.66. The van der Waals surface area contributed by atoms with E-state index >= 15 is 0 Å². The summed E-state index contributed by atoms with van der Waals surface area (Å²) in [5, 5.41) is 13.0. The first-order valence-corrected chi connectivity index (χ1v) is 6.47. The quantitative estimate of drug-likeness (QED) is 0.910. The van der Waals surface area contributed by atoms with Crippen LogP contribution in [0.15, 0.2) is 24.3 Å². The number of aromatic nitrogens is 2. The maximum absolute atomic E-state index is 10.4. The zero-order chi connectivity index (χ0) is 14.7. The summed E-state index contributed by atoms with van der Waals surface area (Å²) in [5.74, 6) is -0.201. The molecule has 1 N–H and O–H groups in total. The van der Waals surface area contributed by atoms with E-state index in [1.54, 1.807) is 0 Å². The van der Waals surface area contributed by atoms with Crippen LogP contribution >= 0.6 is 0 Å². The number of carboxylic acid groups (broad SMARTS) is 1. The number of carboxylic acids is 1. The number of nitrogens with zero attached hydrogens (tertiary/aromatic N) is 2. The molecule has 0 spiro atoms. The van der Waals surface area contributed by atoms with Crippen molar-refractivity contribution >= 4 is 5.97 Å². The van der Waals surface area contributed by atoms with Crippen molar-refractivity contribution < 1.29 is 14.6 Å². The summed E-state index contributed by atoms with van der Waals surface area (Å²) >= 11 is 0. The summed E-state index contributed by atoms with van der Waals surface area (Å²) in [7, 11) is 0. The molecule has 1 aromatic heterocycles. The van der Waals surface area contributed by atoms with Crippen LogP contribution in [-0.4, -0.2) is 27.5 Å². The maximum atomic E-state index is 10.4. The number of benzene rings is 1. The monoisotopic (exact) mass is 274 g/mol. The number of hydrogen-bond acceptors (Lipinski definition) is 3. The molecule has 2 rings (SSSR count). The summed E-state index contributed by atoms with van der Waals surface area (Å²) in [6, 6.07) is 7.47. The van der Waals surface area contributed by atoms with E-state index in [9.17, 15) is 4.79 Å². The van der Waals surface area contributed by atoms with Crippen LogP contribution in [0.25, 0.3) is 5.69 Å². The second kappa shape index (κ2) is 5.77. The Morgan fingerprint density at radius 2 is 1.90 bits per heavy atom. The van der Waals surface area contributed by atoms with E-state index in [0.29, 0.717) is 5.75 Å². The van der Waals surface area contributed by atoms with Crippen LogP contribution in [-0.2, 0) is 4.79 Å². The van der Waals surface area contributed by atoms with Gasteiger partial charge in [0.25, 0.3) is 0 Å². The third-order valence-electron chi connectivity index (χ3n) is 3.32. The van der Waals surface area contributed by atoms with E-state index in [1.165, 1.54) is 5.56 Å². The Balaban J connectivity index is 2.11. The fourth-order valence-corrected chi connectivity index (χ4v) is 1.91. The number of rotatable bonds is 5. The van der Waals surface area contributed by atoms with Gasteiger partial charge in [-0.05, 0) is 50.6 Å². The van der Waals surface area contributed by atoms with Crippen molar-refractivity contribution in [2.75, 3.05) is 6.61 Å². The van der Waals surface area contributed by atoms with Crippen LogP contribution < -0.4 is 4.74 Å². The van der Waals surface area contributed by atoms with E-state index in [4.69, 9.17) is 9.84 Å². The summed E-state index contributed by atoms with van der Waals surface area (Å²) in [6.07, 6.45) is -0.00158. The molecule has 5 heteroatoms. The van der Waals surface area contributed by atoms with Crippen LogP contribution in [0.2, 0.25) is 0 Å². The molecule has 0 amide bonds. The third kappa shape index (κ3) is 2.99. The molecule has 1 heterocycles. The molecule has 2 aromatic rings. The molecule has 20 heavy (non-hydrogen) atoms. The Labute approximate surface area is 117 Å². The standard InChI is InChI=1S/C15H18N2O3/c1-10-11(2)16-17(12(10)3)13-4-6-14(7-5-13)20-9-8-15(18)19/h4-7H,8-9H2,1-3H3,(H,18,19). The first kappa shape index (κ1) is 14.1. The maximum Gasteiger partial charge on any atom is 0.306 e. The Hall–Kier alpha value is -2.30. The SMILES string of the molecule is Cc1nn(-c2ccc(OCCC(=O)O)cc2)c(C)c1C. The van der Waals surface area contributed by atoms with Crippen LogP contribution in [0.1, 0.15) is 23.4 Å². The number of hydrogen-bond donors (Lipinski definition) is 1. The molecule has 1 aromatic carbocycles. The first-order valence-electron chi connectivity index (χ1n) is 6.47. The Morgan fingerprint density at radius 3 is 2.40 bits per heavy atom. The van der Waals surface area contributed by atoms with Crippen LogP contribution in [0, 0.1) is 20.8 Å². The largest absolute Gasteiger partial charge is 0.493 e. The second-order valence-electron chi connectivity index (χ2n) is 4.69. The van der Waals surface area contributed by atoms with E-state index in [2.05, 4.69) is 12.0 Å². The molecule has 0 saturated carbocycles. The molecule has 0 aliphatic heterocycles. The van der Waals surface area contributed by atoms with E-state index in [-0.39, 0.29) is 13.0 Å². The van der Waals surface area contributed by atoms with Crippen molar-refractivity contribution in [3.05, 3.63) is 41.2 Å². The molecular formula is C15H18N2O3. The molecule has 0 aliphatic rings. The van der Waals surface area contributed by atoms with Crippen LogP contribution in [0.5, 0.6) is 5.75 Å². The van der Waals surface area contributed by atoms with Gasteiger partial charge in [-0.1, -0.05) is 0 Å². The van der Waals surface area contributed by atoms with Gasteiger partial charge in [0.15, 0.2) is 0 Å². The van der Waals surface area contributed by atoms with Gasteiger partial charge >= 0.3 is 5.97 Å². The first-order chi connectivity index (χ1) is 9.49. The smallest absolute Gasteiger partial charge is 0.306 e. The highest BCUT2D eigenvalue weighted by Gasteiger charge is 2.08. The van der Waals surface area contributed by atoms with Crippen molar-refractivity contribution in [1.82, 2.24) is 9.78 Å². The fraction of sp³-hybridized carbons (Fsp3) is 0.333. The molecule has 106 valence electrons. The van der Waals surface area contributed by atoms with Crippen molar-refractivity contribution in [3.63, 3.8) is 0 Å². The molecule has 0 fully saturated rings. The van der Waals surface area contributed by atoms with Gasteiger partial charge in [-0.3, -0.25) is 4.79 Å². The van der Waals surface area contributed by atoms with Gasteiger partial charge < -0.3 is 9.84 Å². The highest BCUT2D eigenvalue weighted by Crippen LogP contribution is 2.19. The van der Waals surface area contributed by atoms with Gasteiger partial charge in [0.05, 0.1) is 24.4 Å². The minimum Gasteiger partial charge on any atom is -0.493 e. The second-order valence-corrected chi connectivity index (χ2v) is 4.69. The lowest BCUT2D eigenvalue weighted by Gasteiger charge is -2.07. The lowest BCUT2D eigenvalue weighted by molar-refractivity contribution is -0.137. The predicted octanol–water partition coefficient (Wildman–Crippen LogP) is 2.65. The predicted molar refractivity (Wildman–Crippen MR) is 75.5 cm³/mol. The molecule has 0 aliphatic carbocycles. The number of ether oxygens (including phenoxy) is 1. The molecule has 0 radical (unpaired) electrons. The molecule has 0 unspecified atom stereocenters. The summed E-state index contributed by atoms with van der Waals surface area (Å²) in [5.41, 5.74) is 4.28. The van der Waals surface area contributed by atoms with Gasteiger partial charge in [-0.15, -0.1) is 0 Å². The van der Waals surface area contributed by atoms with Crippen molar-refractivity contribution in [2.45, 2.75) is 27.2 Å². The third-order valence-corrected chi connectivity index (χ3v) is 3.32. The van der Waals surface area contributed by atoms with Gasteiger partial charge in [0, 0.05) is 5.69 Å². The molecule has 0 bridgehead atoms. The van der Waals surface area contributed by atoms with E-state index < -0.39 is 5.97 Å². The summed E-state index contributed by atoms with van der Waals surface area (Å²) < 4.78 is 7.25. The van der Waals surface area contributed by atoms with E-state index in [1.807, 2.05) is 42.8 Å². The van der Waals surface area contributed by atoms with Crippen LogP contribution in [0.4, 0.5) is 0 Å². The minimum atomic E-state index is -0.861. The van der Waals surface area contributed by atoms with Crippen molar-refractivity contribution in [2.24, 2.45) is 0 Å². The molecule has 0 atom stereocenters. The van der Waals surface area contributed by atoms with Gasteiger partial charge in [-0.25, -0.2) is 4.68 Å². The highest BCUT2D eigenvalue weighted by atomic mass is 16.5. The molecular weight excluding hydrogens is 256 g/mol. The number of aliphatic carboxylic acids is 1.